The minimum absolute atomic E-state index is 0.293. The summed E-state index contributed by atoms with van der Waals surface area (Å²) in [6.45, 7) is 6.06. The number of nitrogens with two attached hydrogens (primary N) is 1. The molecule has 0 bridgehead atoms. The van der Waals surface area contributed by atoms with Crippen molar-refractivity contribution in [3.8, 4) is 5.75 Å². The highest BCUT2D eigenvalue weighted by atomic mass is 16.6. The van der Waals surface area contributed by atoms with E-state index in [9.17, 15) is 4.79 Å². The average Bonchev–Trinajstić information content (AvgIpc) is 2.58. The molecule has 0 aliphatic carbocycles. The Morgan fingerprint density at radius 3 is 2.62 bits per heavy atom. The van der Waals surface area contributed by atoms with E-state index in [2.05, 4.69) is 10.3 Å². The molecule has 6 heteroatoms. The molecule has 138 valence electrons. The molecule has 0 atom stereocenters. The number of para-hydroxylation sites is 1. The lowest BCUT2D eigenvalue weighted by molar-refractivity contribution is 0.0520. The minimum Gasteiger partial charge on any atom is -0.490 e. The lowest BCUT2D eigenvalue weighted by Crippen LogP contribution is -2.34. The number of ether oxygens (including phenoxy) is 2. The van der Waals surface area contributed by atoms with Gasteiger partial charge in [-0.15, -0.1) is 0 Å². The number of carbonyl (C=O) groups excluding carboxylic acids is 1. The molecule has 0 aliphatic rings. The van der Waals surface area contributed by atoms with Crippen molar-refractivity contribution < 1.29 is 14.3 Å². The maximum absolute atomic E-state index is 11.6. The number of nitrogens with zero attached hydrogens (tertiary/aromatic N) is 1. The van der Waals surface area contributed by atoms with Crippen LogP contribution in [0.2, 0.25) is 0 Å². The van der Waals surface area contributed by atoms with Crippen molar-refractivity contribution in [3.05, 3.63) is 53.9 Å². The molecule has 0 saturated heterocycles. The van der Waals surface area contributed by atoms with Gasteiger partial charge in [0.15, 0.2) is 0 Å². The van der Waals surface area contributed by atoms with E-state index in [0.717, 1.165) is 11.1 Å². The standard InChI is InChI=1S/C20H25N3O3/c1-20(2,3)26-19(24)23-13-14-25-17-6-4-5-16(18(17)21)8-7-15-9-11-22-12-10-15/h4-12H,13-14,21H2,1-3H3,(H,23,24)/b8-7+. The number of carbonyl (C=O) groups is 1. The Labute approximate surface area is 154 Å². The Kier molecular flexibility index (Phi) is 6.60. The summed E-state index contributed by atoms with van der Waals surface area (Å²) in [6.07, 6.45) is 6.89. The van der Waals surface area contributed by atoms with Gasteiger partial charge in [-0.25, -0.2) is 4.79 Å². The van der Waals surface area contributed by atoms with E-state index in [0.29, 0.717) is 24.6 Å². The van der Waals surface area contributed by atoms with Crippen molar-refractivity contribution in [2.24, 2.45) is 0 Å². The first-order valence-corrected chi connectivity index (χ1v) is 8.41. The second-order valence-electron chi connectivity index (χ2n) is 6.65. The van der Waals surface area contributed by atoms with Gasteiger partial charge < -0.3 is 20.5 Å². The third-order valence-corrected chi connectivity index (χ3v) is 3.29. The zero-order chi connectivity index (χ0) is 19.0. The second kappa shape index (κ2) is 8.89. The Bertz CT molecular complexity index is 753. The zero-order valence-corrected chi connectivity index (χ0v) is 15.4. The number of hydrogen-bond donors (Lipinski definition) is 2. The van der Waals surface area contributed by atoms with Gasteiger partial charge in [0, 0.05) is 18.0 Å². The monoisotopic (exact) mass is 355 g/mol. The summed E-state index contributed by atoms with van der Waals surface area (Å²) in [6, 6.07) is 9.41. The fraction of sp³-hybridized carbons (Fsp3) is 0.300. The van der Waals surface area contributed by atoms with Crippen LogP contribution in [0.5, 0.6) is 5.75 Å². The van der Waals surface area contributed by atoms with Crippen molar-refractivity contribution in [2.45, 2.75) is 26.4 Å². The molecule has 0 saturated carbocycles. The zero-order valence-electron chi connectivity index (χ0n) is 15.4. The van der Waals surface area contributed by atoms with Gasteiger partial charge in [-0.3, -0.25) is 4.98 Å². The average molecular weight is 355 g/mol. The predicted molar refractivity (Wildman–Crippen MR) is 104 cm³/mol. The van der Waals surface area contributed by atoms with Gasteiger partial charge in [0.25, 0.3) is 0 Å². The van der Waals surface area contributed by atoms with Gasteiger partial charge >= 0.3 is 6.09 Å². The van der Waals surface area contributed by atoms with Gasteiger partial charge in [-0.1, -0.05) is 24.3 Å². The highest BCUT2D eigenvalue weighted by Gasteiger charge is 2.15. The summed E-state index contributed by atoms with van der Waals surface area (Å²) in [4.78, 5) is 15.6. The molecular formula is C20H25N3O3. The minimum atomic E-state index is -0.523. The molecule has 3 N–H and O–H groups in total. The molecule has 0 radical (unpaired) electrons. The first-order valence-electron chi connectivity index (χ1n) is 8.41. The molecule has 1 aromatic heterocycles. The van der Waals surface area contributed by atoms with Crippen LogP contribution in [-0.2, 0) is 4.74 Å². The van der Waals surface area contributed by atoms with Crippen LogP contribution < -0.4 is 15.8 Å². The summed E-state index contributed by atoms with van der Waals surface area (Å²) in [5.74, 6) is 0.577. The van der Waals surface area contributed by atoms with Crippen LogP contribution in [0.15, 0.2) is 42.7 Å². The van der Waals surface area contributed by atoms with Gasteiger partial charge in [-0.05, 0) is 44.5 Å². The fourth-order valence-electron chi connectivity index (χ4n) is 2.12. The van der Waals surface area contributed by atoms with Crippen LogP contribution in [0.3, 0.4) is 0 Å². The molecular weight excluding hydrogens is 330 g/mol. The van der Waals surface area contributed by atoms with Crippen LogP contribution in [0.25, 0.3) is 12.2 Å². The third-order valence-electron chi connectivity index (χ3n) is 3.29. The molecule has 6 nitrogen and oxygen atoms in total. The van der Waals surface area contributed by atoms with Crippen LogP contribution in [0, 0.1) is 0 Å². The third kappa shape index (κ3) is 6.47. The maximum atomic E-state index is 11.6. The van der Waals surface area contributed by atoms with Gasteiger partial charge in [0.1, 0.15) is 18.0 Å². The van der Waals surface area contributed by atoms with E-state index in [-0.39, 0.29) is 0 Å². The number of aromatic nitrogens is 1. The Balaban J connectivity index is 1.89. The summed E-state index contributed by atoms with van der Waals surface area (Å²) >= 11 is 0. The van der Waals surface area contributed by atoms with Gasteiger partial charge in [0.05, 0.1) is 12.2 Å². The topological polar surface area (TPSA) is 86.5 Å². The molecule has 0 unspecified atom stereocenters. The van der Waals surface area contributed by atoms with E-state index in [4.69, 9.17) is 15.2 Å². The quantitative estimate of drug-likeness (QED) is 0.609. The van der Waals surface area contributed by atoms with Crippen LogP contribution in [0.4, 0.5) is 10.5 Å². The van der Waals surface area contributed by atoms with Crippen molar-refractivity contribution >= 4 is 23.9 Å². The number of nitrogen functional groups attached to an aromatic ring is 1. The Hall–Kier alpha value is -3.02. The van der Waals surface area contributed by atoms with Crippen molar-refractivity contribution in [1.82, 2.24) is 10.3 Å². The van der Waals surface area contributed by atoms with E-state index < -0.39 is 11.7 Å². The Morgan fingerprint density at radius 1 is 1.19 bits per heavy atom. The molecule has 1 amide bonds. The van der Waals surface area contributed by atoms with E-state index in [1.807, 2.05) is 57.2 Å². The molecule has 0 aliphatic heterocycles. The van der Waals surface area contributed by atoms with Crippen LogP contribution in [0.1, 0.15) is 31.9 Å². The number of nitrogens with one attached hydrogen (secondary N) is 1. The lowest BCUT2D eigenvalue weighted by Gasteiger charge is -2.19. The summed E-state index contributed by atoms with van der Waals surface area (Å²) in [5.41, 5.74) is 8.10. The highest BCUT2D eigenvalue weighted by molar-refractivity contribution is 5.78. The van der Waals surface area contributed by atoms with E-state index >= 15 is 0 Å². The fourth-order valence-corrected chi connectivity index (χ4v) is 2.12. The second-order valence-corrected chi connectivity index (χ2v) is 6.65. The summed E-state index contributed by atoms with van der Waals surface area (Å²) in [7, 11) is 0. The maximum Gasteiger partial charge on any atom is 0.407 e. The first-order chi connectivity index (χ1) is 12.3. The molecule has 1 aromatic carbocycles. The predicted octanol–water partition coefficient (Wildman–Crippen LogP) is 3.74. The highest BCUT2D eigenvalue weighted by Crippen LogP contribution is 2.26. The molecule has 0 spiro atoms. The number of amides is 1. The van der Waals surface area contributed by atoms with Crippen molar-refractivity contribution in [1.29, 1.82) is 0 Å². The number of hydrogen-bond acceptors (Lipinski definition) is 5. The molecule has 0 fully saturated rings. The molecule has 2 rings (SSSR count). The lowest BCUT2D eigenvalue weighted by atomic mass is 10.1. The first kappa shape index (κ1) is 19.3. The van der Waals surface area contributed by atoms with Crippen molar-refractivity contribution in [3.63, 3.8) is 0 Å². The summed E-state index contributed by atoms with van der Waals surface area (Å²) < 4.78 is 10.8. The van der Waals surface area contributed by atoms with Gasteiger partial charge in [0.2, 0.25) is 0 Å². The van der Waals surface area contributed by atoms with Crippen molar-refractivity contribution in [2.75, 3.05) is 18.9 Å². The number of rotatable bonds is 6. The van der Waals surface area contributed by atoms with E-state index in [1.54, 1.807) is 18.5 Å². The number of benzene rings is 1. The number of alkyl carbamates (subject to hydrolysis) is 1. The van der Waals surface area contributed by atoms with Crippen LogP contribution >= 0.6 is 0 Å². The molecule has 1 heterocycles. The number of pyridine rings is 1. The molecule has 26 heavy (non-hydrogen) atoms. The van der Waals surface area contributed by atoms with E-state index in [1.165, 1.54) is 0 Å². The Morgan fingerprint density at radius 2 is 1.92 bits per heavy atom. The number of anilines is 1. The normalized spacial score (nSPS) is 11.3. The SMILES string of the molecule is CC(C)(C)OC(=O)NCCOc1cccc(/C=C/c2ccncc2)c1N. The summed E-state index contributed by atoms with van der Waals surface area (Å²) in [5, 5.41) is 2.64. The van der Waals surface area contributed by atoms with Crippen LogP contribution in [-0.4, -0.2) is 29.8 Å². The van der Waals surface area contributed by atoms with Gasteiger partial charge in [-0.2, -0.15) is 0 Å². The largest absolute Gasteiger partial charge is 0.490 e. The molecule has 2 aromatic rings. The smallest absolute Gasteiger partial charge is 0.407 e.